The molecule has 10 nitrogen and oxygen atoms in total. The topological polar surface area (TPSA) is 117 Å². The fraction of sp³-hybridized carbons (Fsp3) is 0.190. The average Bonchev–Trinajstić information content (AvgIpc) is 2.99. The lowest BCUT2D eigenvalue weighted by molar-refractivity contribution is 0.601. The van der Waals surface area contributed by atoms with Crippen LogP contribution in [0.1, 0.15) is 5.69 Å². The highest BCUT2D eigenvalue weighted by Gasteiger charge is 2.23. The van der Waals surface area contributed by atoms with Crippen molar-refractivity contribution in [1.29, 1.82) is 0 Å². The second-order valence-electron chi connectivity index (χ2n) is 7.42. The summed E-state index contributed by atoms with van der Waals surface area (Å²) < 4.78 is 33.9. The molecule has 4 rings (SSSR count). The zero-order chi connectivity index (χ0) is 23.4. The Morgan fingerprint density at radius 3 is 2.00 bits per heavy atom. The second-order valence-corrected chi connectivity index (χ2v) is 9.10. The molecule has 2 heterocycles. The molecule has 2 aromatic heterocycles. The van der Waals surface area contributed by atoms with Crippen molar-refractivity contribution in [3.8, 4) is 5.69 Å². The van der Waals surface area contributed by atoms with Crippen molar-refractivity contribution in [2.45, 2.75) is 11.8 Å². The van der Waals surface area contributed by atoms with Crippen molar-refractivity contribution in [2.75, 3.05) is 4.72 Å². The summed E-state index contributed by atoms with van der Waals surface area (Å²) in [4.78, 5) is 37.0. The minimum Gasteiger partial charge on any atom is -0.305 e. The predicted octanol–water partition coefficient (Wildman–Crippen LogP) is 0.836. The van der Waals surface area contributed by atoms with Crippen molar-refractivity contribution >= 4 is 26.7 Å². The van der Waals surface area contributed by atoms with Crippen LogP contribution in [-0.4, -0.2) is 26.9 Å². The number of anilines is 1. The molecule has 0 atom stereocenters. The van der Waals surface area contributed by atoms with E-state index in [1.807, 2.05) is 6.07 Å². The van der Waals surface area contributed by atoms with Crippen LogP contribution in [0.4, 0.5) is 5.69 Å². The molecule has 0 fully saturated rings. The number of benzene rings is 2. The van der Waals surface area contributed by atoms with Gasteiger partial charge in [-0.25, -0.2) is 13.1 Å². The number of hydrogen-bond donors (Lipinski definition) is 1. The van der Waals surface area contributed by atoms with Gasteiger partial charge in [0.2, 0.25) is 0 Å². The van der Waals surface area contributed by atoms with Gasteiger partial charge in [-0.05, 0) is 37.3 Å². The molecule has 166 valence electrons. The molecule has 32 heavy (non-hydrogen) atoms. The summed E-state index contributed by atoms with van der Waals surface area (Å²) >= 11 is 0. The molecule has 0 aliphatic carbocycles. The monoisotopic (exact) mass is 455 g/mol. The fourth-order valence-electron chi connectivity index (χ4n) is 3.61. The molecular formula is C21H21N5O5S. The zero-order valence-corrected chi connectivity index (χ0v) is 18.7. The van der Waals surface area contributed by atoms with Crippen LogP contribution in [0.15, 0.2) is 67.8 Å². The van der Waals surface area contributed by atoms with Gasteiger partial charge in [0, 0.05) is 21.1 Å². The highest BCUT2D eigenvalue weighted by atomic mass is 32.2. The van der Waals surface area contributed by atoms with Crippen LogP contribution in [0, 0.1) is 6.92 Å². The maximum absolute atomic E-state index is 13.1. The van der Waals surface area contributed by atoms with E-state index in [0.29, 0.717) is 16.9 Å². The Hall–Kier alpha value is -3.86. The van der Waals surface area contributed by atoms with Crippen LogP contribution in [0.2, 0.25) is 0 Å². The molecule has 4 aromatic rings. The lowest BCUT2D eigenvalue weighted by atomic mass is 10.3. The highest BCUT2D eigenvalue weighted by Crippen LogP contribution is 2.21. The van der Waals surface area contributed by atoms with Gasteiger partial charge in [-0.1, -0.05) is 18.2 Å². The maximum Gasteiger partial charge on any atom is 0.316 e. The Morgan fingerprint density at radius 2 is 1.38 bits per heavy atom. The van der Waals surface area contributed by atoms with E-state index in [4.69, 9.17) is 0 Å². The van der Waals surface area contributed by atoms with Crippen molar-refractivity contribution in [3.63, 3.8) is 0 Å². The molecule has 0 spiro atoms. The van der Waals surface area contributed by atoms with Gasteiger partial charge in [0.05, 0.1) is 27.3 Å². The van der Waals surface area contributed by atoms with Gasteiger partial charge in [0.25, 0.3) is 15.6 Å². The van der Waals surface area contributed by atoms with Gasteiger partial charge in [0.15, 0.2) is 0 Å². The first-order valence-electron chi connectivity index (χ1n) is 9.61. The van der Waals surface area contributed by atoms with E-state index in [0.717, 1.165) is 4.57 Å². The lowest BCUT2D eigenvalue weighted by Gasteiger charge is -2.11. The van der Waals surface area contributed by atoms with Crippen molar-refractivity contribution in [3.05, 3.63) is 85.3 Å². The molecule has 0 amide bonds. The van der Waals surface area contributed by atoms with Crippen LogP contribution in [0.25, 0.3) is 16.7 Å². The van der Waals surface area contributed by atoms with E-state index in [1.54, 1.807) is 42.9 Å². The van der Waals surface area contributed by atoms with E-state index >= 15 is 0 Å². The minimum absolute atomic E-state index is 0.0780. The highest BCUT2D eigenvalue weighted by molar-refractivity contribution is 7.92. The molecule has 0 unspecified atom stereocenters. The Morgan fingerprint density at radius 1 is 0.781 bits per heavy atom. The first-order valence-corrected chi connectivity index (χ1v) is 11.1. The van der Waals surface area contributed by atoms with Gasteiger partial charge >= 0.3 is 11.1 Å². The molecule has 2 aromatic carbocycles. The Kier molecular flexibility index (Phi) is 4.93. The van der Waals surface area contributed by atoms with Crippen molar-refractivity contribution in [2.24, 2.45) is 21.1 Å². The number of fused-ring (bicyclic) bond motifs is 1. The van der Waals surface area contributed by atoms with Gasteiger partial charge in [0.1, 0.15) is 5.69 Å². The summed E-state index contributed by atoms with van der Waals surface area (Å²) in [6.07, 6.45) is 0. The smallest absolute Gasteiger partial charge is 0.305 e. The van der Waals surface area contributed by atoms with Gasteiger partial charge in [-0.2, -0.15) is 0 Å². The third-order valence-electron chi connectivity index (χ3n) is 5.56. The molecule has 0 saturated carbocycles. The van der Waals surface area contributed by atoms with E-state index in [9.17, 15) is 22.8 Å². The quantitative estimate of drug-likeness (QED) is 0.458. The van der Waals surface area contributed by atoms with Crippen molar-refractivity contribution < 1.29 is 8.42 Å². The van der Waals surface area contributed by atoms with Crippen LogP contribution in [0.3, 0.4) is 0 Å². The predicted molar refractivity (Wildman–Crippen MR) is 121 cm³/mol. The molecule has 1 N–H and O–H groups in total. The molecule has 0 saturated heterocycles. The van der Waals surface area contributed by atoms with Gasteiger partial charge in [-0.3, -0.25) is 23.8 Å². The molecule has 11 heteroatoms. The first-order chi connectivity index (χ1) is 15.0. The van der Waals surface area contributed by atoms with Crippen molar-refractivity contribution in [1.82, 2.24) is 18.5 Å². The number of hydrogen-bond acceptors (Lipinski definition) is 5. The fourth-order valence-corrected chi connectivity index (χ4v) is 4.74. The number of sulfonamides is 1. The number of nitrogens with one attached hydrogen (secondary N) is 1. The maximum atomic E-state index is 13.1. The summed E-state index contributed by atoms with van der Waals surface area (Å²) in [6, 6.07) is 12.9. The van der Waals surface area contributed by atoms with E-state index in [2.05, 4.69) is 4.72 Å². The Balaban J connectivity index is 1.85. The summed E-state index contributed by atoms with van der Waals surface area (Å²) in [5.74, 6) is 0. The largest absolute Gasteiger partial charge is 0.316 e. The molecule has 0 aliphatic heterocycles. The summed E-state index contributed by atoms with van der Waals surface area (Å²) in [5, 5.41) is 0. The second kappa shape index (κ2) is 7.38. The van der Waals surface area contributed by atoms with E-state index in [1.165, 1.54) is 41.5 Å². The standard InChI is InChI=1S/C21H21N5O5S/c1-13-18(19(27)26(25(13)4)14-8-6-5-7-9-14)22-32(30,31)15-10-11-16-17(12-15)24(3)21(29)20(28)23(16)2/h5-12,22H,1-4H3. The number of rotatable bonds is 4. The minimum atomic E-state index is -4.17. The Labute approximate surface area is 182 Å². The number of para-hydroxylation sites is 1. The van der Waals surface area contributed by atoms with Gasteiger partial charge < -0.3 is 9.13 Å². The number of nitrogens with zero attached hydrogens (tertiary/aromatic N) is 4. The molecule has 0 bridgehead atoms. The third-order valence-corrected chi connectivity index (χ3v) is 6.91. The first kappa shape index (κ1) is 21.4. The number of aryl methyl sites for hydroxylation is 2. The summed E-state index contributed by atoms with van der Waals surface area (Å²) in [6.45, 7) is 1.64. The third kappa shape index (κ3) is 3.17. The number of aromatic nitrogens is 4. The molecular weight excluding hydrogens is 434 g/mol. The van der Waals surface area contributed by atoms with Crippen LogP contribution >= 0.6 is 0 Å². The summed E-state index contributed by atoms with van der Waals surface area (Å²) in [7, 11) is 0.334. The molecule has 0 radical (unpaired) electrons. The Bertz CT molecular complexity index is 1660. The molecule has 0 aliphatic rings. The zero-order valence-electron chi connectivity index (χ0n) is 17.9. The lowest BCUT2D eigenvalue weighted by Crippen LogP contribution is -2.39. The van der Waals surface area contributed by atoms with Gasteiger partial charge in [-0.15, -0.1) is 0 Å². The normalized spacial score (nSPS) is 11.8. The van der Waals surface area contributed by atoms with Crippen LogP contribution < -0.4 is 21.4 Å². The van der Waals surface area contributed by atoms with Crippen LogP contribution in [0.5, 0.6) is 0 Å². The average molecular weight is 455 g/mol. The SMILES string of the molecule is Cc1c(NS(=O)(=O)c2ccc3c(c2)n(C)c(=O)c(=O)n3C)c(=O)n(-c2ccccc2)n1C. The van der Waals surface area contributed by atoms with E-state index < -0.39 is 26.7 Å². The van der Waals surface area contributed by atoms with E-state index in [-0.39, 0.29) is 16.1 Å². The summed E-state index contributed by atoms with van der Waals surface area (Å²) in [5.41, 5.74) is -0.388. The van der Waals surface area contributed by atoms with Crippen LogP contribution in [-0.2, 0) is 31.2 Å².